The Balaban J connectivity index is 2.97. The summed E-state index contributed by atoms with van der Waals surface area (Å²) in [7, 11) is 0. The van der Waals surface area contributed by atoms with Crippen molar-refractivity contribution in [1.29, 1.82) is 0 Å². The molecular formula is C7H9N3O3. The third-order valence-corrected chi connectivity index (χ3v) is 1.33. The molecule has 1 rings (SSSR count). The minimum absolute atomic E-state index is 0.107. The Morgan fingerprint density at radius 3 is 3.00 bits per heavy atom. The maximum absolute atomic E-state index is 11.1. The van der Waals surface area contributed by atoms with Crippen LogP contribution in [0.1, 0.15) is 17.5 Å². The summed E-state index contributed by atoms with van der Waals surface area (Å²) in [6.07, 6.45) is 0.934. The molecule has 0 unspecified atom stereocenters. The SMILES string of the molecule is CCNC(=O)c1ncc(O)c(=O)[nH]1. The topological polar surface area (TPSA) is 95.1 Å². The number of carbonyl (C=O) groups excluding carboxylic acids is 1. The second kappa shape index (κ2) is 3.70. The number of aromatic nitrogens is 2. The third-order valence-electron chi connectivity index (χ3n) is 1.33. The van der Waals surface area contributed by atoms with Crippen LogP contribution in [0.3, 0.4) is 0 Å². The van der Waals surface area contributed by atoms with E-state index in [1.54, 1.807) is 6.92 Å². The fourth-order valence-corrected chi connectivity index (χ4v) is 0.748. The molecule has 0 fully saturated rings. The largest absolute Gasteiger partial charge is 0.502 e. The first-order chi connectivity index (χ1) is 6.15. The number of nitrogens with one attached hydrogen (secondary N) is 2. The first-order valence-corrected chi connectivity index (χ1v) is 3.71. The number of aromatic hydroxyl groups is 1. The Bertz CT molecular complexity index is 371. The van der Waals surface area contributed by atoms with Crippen molar-refractivity contribution >= 4 is 5.91 Å². The molecule has 0 aliphatic carbocycles. The van der Waals surface area contributed by atoms with Crippen molar-refractivity contribution in [2.24, 2.45) is 0 Å². The van der Waals surface area contributed by atoms with Gasteiger partial charge in [-0.25, -0.2) is 4.98 Å². The molecule has 1 amide bonds. The lowest BCUT2D eigenvalue weighted by molar-refractivity contribution is 0.0945. The van der Waals surface area contributed by atoms with Crippen LogP contribution in [-0.2, 0) is 0 Å². The van der Waals surface area contributed by atoms with E-state index in [9.17, 15) is 9.59 Å². The van der Waals surface area contributed by atoms with Crippen LogP contribution in [0.4, 0.5) is 0 Å². The molecule has 0 bridgehead atoms. The summed E-state index contributed by atoms with van der Waals surface area (Å²) in [5, 5.41) is 11.3. The maximum Gasteiger partial charge on any atom is 0.293 e. The van der Waals surface area contributed by atoms with Crippen LogP contribution in [0.15, 0.2) is 11.0 Å². The first kappa shape index (κ1) is 9.24. The molecule has 70 valence electrons. The van der Waals surface area contributed by atoms with E-state index in [0.717, 1.165) is 6.20 Å². The van der Waals surface area contributed by atoms with E-state index in [2.05, 4.69) is 15.3 Å². The van der Waals surface area contributed by atoms with Gasteiger partial charge in [-0.3, -0.25) is 14.6 Å². The van der Waals surface area contributed by atoms with Gasteiger partial charge in [0.05, 0.1) is 6.20 Å². The van der Waals surface area contributed by atoms with E-state index >= 15 is 0 Å². The number of hydrogen-bond donors (Lipinski definition) is 3. The number of rotatable bonds is 2. The molecular weight excluding hydrogens is 174 g/mol. The third kappa shape index (κ3) is 2.05. The van der Waals surface area contributed by atoms with Crippen LogP contribution in [0, 0.1) is 0 Å². The number of nitrogens with zero attached hydrogens (tertiary/aromatic N) is 1. The highest BCUT2D eigenvalue weighted by Gasteiger charge is 2.07. The van der Waals surface area contributed by atoms with E-state index < -0.39 is 17.2 Å². The van der Waals surface area contributed by atoms with Crippen molar-refractivity contribution in [3.63, 3.8) is 0 Å². The zero-order valence-corrected chi connectivity index (χ0v) is 7.00. The van der Waals surface area contributed by atoms with E-state index in [0.29, 0.717) is 6.54 Å². The summed E-state index contributed by atoms with van der Waals surface area (Å²) >= 11 is 0. The minimum Gasteiger partial charge on any atom is -0.502 e. The molecule has 0 saturated heterocycles. The quantitative estimate of drug-likeness (QED) is 0.560. The van der Waals surface area contributed by atoms with Crippen LogP contribution in [0.25, 0.3) is 0 Å². The summed E-state index contributed by atoms with van der Waals surface area (Å²) in [5.74, 6) is -1.09. The van der Waals surface area contributed by atoms with Crippen molar-refractivity contribution in [3.8, 4) is 5.75 Å². The lowest BCUT2D eigenvalue weighted by atomic mass is 10.5. The van der Waals surface area contributed by atoms with Gasteiger partial charge >= 0.3 is 0 Å². The fraction of sp³-hybridized carbons (Fsp3) is 0.286. The van der Waals surface area contributed by atoms with Crippen LogP contribution >= 0.6 is 0 Å². The number of H-pyrrole nitrogens is 1. The zero-order valence-electron chi connectivity index (χ0n) is 7.00. The van der Waals surface area contributed by atoms with Crippen LogP contribution in [0.2, 0.25) is 0 Å². The van der Waals surface area contributed by atoms with Crippen molar-refractivity contribution in [1.82, 2.24) is 15.3 Å². The van der Waals surface area contributed by atoms with E-state index in [1.165, 1.54) is 0 Å². The monoisotopic (exact) mass is 183 g/mol. The number of amides is 1. The summed E-state index contributed by atoms with van der Waals surface area (Å²) in [4.78, 5) is 27.6. The van der Waals surface area contributed by atoms with Crippen LogP contribution in [0.5, 0.6) is 5.75 Å². The van der Waals surface area contributed by atoms with E-state index in [-0.39, 0.29) is 5.82 Å². The molecule has 6 nitrogen and oxygen atoms in total. The average Bonchev–Trinajstić information content (AvgIpc) is 2.10. The standard InChI is InChI=1S/C7H9N3O3/c1-2-8-7(13)5-9-3-4(11)6(12)10-5/h3,11H,2H2,1H3,(H,8,13)(H,9,10,12). The second-order valence-electron chi connectivity index (χ2n) is 2.31. The Morgan fingerprint density at radius 1 is 1.77 bits per heavy atom. The Labute approximate surface area is 73.6 Å². The van der Waals surface area contributed by atoms with Gasteiger partial charge in [-0.1, -0.05) is 0 Å². The van der Waals surface area contributed by atoms with Gasteiger partial charge in [-0.2, -0.15) is 0 Å². The van der Waals surface area contributed by atoms with E-state index in [1.807, 2.05) is 0 Å². The number of aromatic amines is 1. The second-order valence-corrected chi connectivity index (χ2v) is 2.31. The van der Waals surface area contributed by atoms with Gasteiger partial charge in [0.1, 0.15) is 0 Å². The molecule has 0 spiro atoms. The summed E-state index contributed by atoms with van der Waals surface area (Å²) in [6.45, 7) is 2.19. The lowest BCUT2D eigenvalue weighted by Crippen LogP contribution is -2.27. The summed E-state index contributed by atoms with van der Waals surface area (Å²) in [6, 6.07) is 0. The van der Waals surface area contributed by atoms with Crippen molar-refractivity contribution in [2.75, 3.05) is 6.54 Å². The minimum atomic E-state index is -0.726. The molecule has 13 heavy (non-hydrogen) atoms. The Kier molecular flexibility index (Phi) is 2.63. The lowest BCUT2D eigenvalue weighted by Gasteiger charge is -1.99. The molecule has 0 aliphatic heterocycles. The molecule has 1 aromatic rings. The van der Waals surface area contributed by atoms with Gasteiger partial charge in [0.2, 0.25) is 0 Å². The molecule has 0 atom stereocenters. The molecule has 1 heterocycles. The highest BCUT2D eigenvalue weighted by atomic mass is 16.3. The first-order valence-electron chi connectivity index (χ1n) is 3.71. The highest BCUT2D eigenvalue weighted by Crippen LogP contribution is 1.94. The zero-order chi connectivity index (χ0) is 9.84. The molecule has 3 N–H and O–H groups in total. The van der Waals surface area contributed by atoms with Gasteiger partial charge in [0.25, 0.3) is 11.5 Å². The van der Waals surface area contributed by atoms with Gasteiger partial charge in [0, 0.05) is 6.54 Å². The van der Waals surface area contributed by atoms with Crippen molar-refractivity contribution in [3.05, 3.63) is 22.4 Å². The van der Waals surface area contributed by atoms with Crippen LogP contribution in [-0.4, -0.2) is 27.5 Å². The Hall–Kier alpha value is -1.85. The van der Waals surface area contributed by atoms with Crippen molar-refractivity contribution in [2.45, 2.75) is 6.92 Å². The summed E-state index contributed by atoms with van der Waals surface area (Å²) < 4.78 is 0. The van der Waals surface area contributed by atoms with Gasteiger partial charge in [-0.15, -0.1) is 0 Å². The van der Waals surface area contributed by atoms with E-state index in [4.69, 9.17) is 5.11 Å². The number of hydrogen-bond acceptors (Lipinski definition) is 4. The Morgan fingerprint density at radius 2 is 2.46 bits per heavy atom. The molecule has 0 aromatic carbocycles. The molecule has 0 saturated carbocycles. The maximum atomic E-state index is 11.1. The van der Waals surface area contributed by atoms with Gasteiger partial charge in [0.15, 0.2) is 11.6 Å². The molecule has 0 aliphatic rings. The highest BCUT2D eigenvalue weighted by molar-refractivity contribution is 5.90. The molecule has 6 heteroatoms. The predicted octanol–water partition coefficient (Wildman–Crippen LogP) is -0.775. The van der Waals surface area contributed by atoms with Gasteiger partial charge in [-0.05, 0) is 6.92 Å². The smallest absolute Gasteiger partial charge is 0.293 e. The average molecular weight is 183 g/mol. The summed E-state index contributed by atoms with van der Waals surface area (Å²) in [5.41, 5.74) is -0.726. The van der Waals surface area contributed by atoms with Gasteiger partial charge < -0.3 is 10.4 Å². The van der Waals surface area contributed by atoms with Crippen molar-refractivity contribution < 1.29 is 9.90 Å². The number of carbonyl (C=O) groups is 1. The molecule has 1 aromatic heterocycles. The fourth-order valence-electron chi connectivity index (χ4n) is 0.748. The predicted molar refractivity (Wildman–Crippen MR) is 44.5 cm³/mol. The normalized spacial score (nSPS) is 9.62. The molecule has 0 radical (unpaired) electrons. The van der Waals surface area contributed by atoms with Crippen LogP contribution < -0.4 is 10.9 Å².